The summed E-state index contributed by atoms with van der Waals surface area (Å²) in [5.41, 5.74) is 0.589. The number of carbonyl (C=O) groups excluding carboxylic acids is 2. The van der Waals surface area contributed by atoms with Crippen LogP contribution in [0.4, 0.5) is 10.1 Å². The first kappa shape index (κ1) is 18.8. The van der Waals surface area contributed by atoms with Crippen molar-refractivity contribution in [2.75, 3.05) is 70.9 Å². The molecule has 0 unspecified atom stereocenters. The minimum atomic E-state index is -0.328. The number of nitrogens with zero attached hydrogens (tertiary/aromatic N) is 3. The van der Waals surface area contributed by atoms with E-state index in [0.29, 0.717) is 45.1 Å². The predicted octanol–water partition coefficient (Wildman–Crippen LogP) is 0.241. The van der Waals surface area contributed by atoms with Gasteiger partial charge < -0.3 is 15.0 Å². The number of amides is 2. The molecule has 2 amide bonds. The van der Waals surface area contributed by atoms with Gasteiger partial charge in [0.25, 0.3) is 0 Å². The fraction of sp³-hybridized carbons (Fsp3) is 0.556. The Hall–Kier alpha value is -2.03. The lowest BCUT2D eigenvalue weighted by Gasteiger charge is -2.35. The molecule has 2 heterocycles. The fourth-order valence-electron chi connectivity index (χ4n) is 3.15. The van der Waals surface area contributed by atoms with Crippen molar-refractivity contribution < 1.29 is 18.7 Å². The molecule has 1 N–H and O–H groups in total. The number of hydrogen-bond donors (Lipinski definition) is 1. The monoisotopic (exact) mass is 364 g/mol. The first-order valence-electron chi connectivity index (χ1n) is 8.96. The summed E-state index contributed by atoms with van der Waals surface area (Å²) in [5, 5.41) is 2.77. The van der Waals surface area contributed by atoms with E-state index in [1.165, 1.54) is 12.1 Å². The van der Waals surface area contributed by atoms with Crippen molar-refractivity contribution in [1.29, 1.82) is 0 Å². The maximum absolute atomic E-state index is 12.9. The van der Waals surface area contributed by atoms with Gasteiger partial charge in [-0.1, -0.05) is 0 Å². The quantitative estimate of drug-likeness (QED) is 0.811. The van der Waals surface area contributed by atoms with Crippen molar-refractivity contribution in [2.24, 2.45) is 0 Å². The molecular weight excluding hydrogens is 339 g/mol. The molecule has 0 saturated carbocycles. The van der Waals surface area contributed by atoms with Gasteiger partial charge in [-0.05, 0) is 24.3 Å². The van der Waals surface area contributed by atoms with Crippen molar-refractivity contribution in [3.05, 3.63) is 30.1 Å². The maximum Gasteiger partial charge on any atom is 0.238 e. The molecule has 2 aliphatic heterocycles. The number of nitrogens with one attached hydrogen (secondary N) is 1. The summed E-state index contributed by atoms with van der Waals surface area (Å²) in [6.45, 7) is 6.30. The summed E-state index contributed by atoms with van der Waals surface area (Å²) in [4.78, 5) is 30.4. The van der Waals surface area contributed by atoms with Crippen LogP contribution in [0.5, 0.6) is 0 Å². The van der Waals surface area contributed by atoms with E-state index in [0.717, 1.165) is 26.2 Å². The SMILES string of the molecule is O=C(CN1CCN(CC(=O)N2CCOCC2)CC1)Nc1ccc(F)cc1. The van der Waals surface area contributed by atoms with Crippen LogP contribution < -0.4 is 5.32 Å². The van der Waals surface area contributed by atoms with Gasteiger partial charge in [-0.3, -0.25) is 19.4 Å². The van der Waals surface area contributed by atoms with Crippen molar-refractivity contribution in [2.45, 2.75) is 0 Å². The van der Waals surface area contributed by atoms with Crippen molar-refractivity contribution in [1.82, 2.24) is 14.7 Å². The van der Waals surface area contributed by atoms with Gasteiger partial charge in [-0.15, -0.1) is 0 Å². The lowest BCUT2D eigenvalue weighted by Crippen LogP contribution is -2.52. The molecule has 2 fully saturated rings. The van der Waals surface area contributed by atoms with Gasteiger partial charge in [0.05, 0.1) is 26.3 Å². The summed E-state index contributed by atoms with van der Waals surface area (Å²) >= 11 is 0. The van der Waals surface area contributed by atoms with E-state index >= 15 is 0 Å². The molecule has 1 aromatic rings. The molecule has 0 aliphatic carbocycles. The Balaban J connectivity index is 1.37. The summed E-state index contributed by atoms with van der Waals surface area (Å²) in [7, 11) is 0. The van der Waals surface area contributed by atoms with Gasteiger partial charge in [0.2, 0.25) is 11.8 Å². The zero-order valence-corrected chi connectivity index (χ0v) is 14.8. The predicted molar refractivity (Wildman–Crippen MR) is 95.3 cm³/mol. The van der Waals surface area contributed by atoms with Crippen molar-refractivity contribution in [3.63, 3.8) is 0 Å². The lowest BCUT2D eigenvalue weighted by atomic mass is 10.2. The number of rotatable bonds is 5. The fourth-order valence-corrected chi connectivity index (χ4v) is 3.15. The van der Waals surface area contributed by atoms with E-state index in [1.807, 2.05) is 4.90 Å². The Morgan fingerprint density at radius 2 is 1.50 bits per heavy atom. The van der Waals surface area contributed by atoms with Crippen LogP contribution in [0.1, 0.15) is 0 Å². The summed E-state index contributed by atoms with van der Waals surface area (Å²) in [5.74, 6) is -0.295. The average molecular weight is 364 g/mol. The smallest absolute Gasteiger partial charge is 0.238 e. The number of piperazine rings is 1. The maximum atomic E-state index is 12.9. The molecular formula is C18H25FN4O3. The largest absolute Gasteiger partial charge is 0.378 e. The Kier molecular flexibility index (Phi) is 6.54. The van der Waals surface area contributed by atoms with E-state index in [2.05, 4.69) is 15.1 Å². The molecule has 142 valence electrons. The molecule has 2 saturated heterocycles. The standard InChI is InChI=1S/C18H25FN4O3/c19-15-1-3-16(4-2-15)20-17(24)13-21-5-7-22(8-6-21)14-18(25)23-9-11-26-12-10-23/h1-4H,5-14H2,(H,20,24). The van der Waals surface area contributed by atoms with Crippen molar-refractivity contribution in [3.8, 4) is 0 Å². The van der Waals surface area contributed by atoms with Crippen LogP contribution in [0.3, 0.4) is 0 Å². The third-order valence-electron chi connectivity index (χ3n) is 4.68. The minimum absolute atomic E-state index is 0.116. The van der Waals surface area contributed by atoms with Crippen LogP contribution in [-0.4, -0.2) is 92.1 Å². The molecule has 7 nitrogen and oxygen atoms in total. The van der Waals surface area contributed by atoms with Gasteiger partial charge in [0.1, 0.15) is 5.82 Å². The highest BCUT2D eigenvalue weighted by atomic mass is 19.1. The normalized spacial score (nSPS) is 19.3. The Labute approximate surface area is 152 Å². The molecule has 0 spiro atoms. The number of benzene rings is 1. The van der Waals surface area contributed by atoms with Crippen molar-refractivity contribution >= 4 is 17.5 Å². The number of morpholine rings is 1. The topological polar surface area (TPSA) is 65.1 Å². The number of anilines is 1. The van der Waals surface area contributed by atoms with Crippen LogP contribution in [0.25, 0.3) is 0 Å². The second-order valence-corrected chi connectivity index (χ2v) is 6.60. The number of hydrogen-bond acceptors (Lipinski definition) is 5. The minimum Gasteiger partial charge on any atom is -0.378 e. The van der Waals surface area contributed by atoms with Gasteiger partial charge >= 0.3 is 0 Å². The summed E-state index contributed by atoms with van der Waals surface area (Å²) in [6, 6.07) is 5.73. The first-order chi connectivity index (χ1) is 12.6. The highest BCUT2D eigenvalue weighted by Crippen LogP contribution is 2.09. The van der Waals surface area contributed by atoms with Crippen LogP contribution in [-0.2, 0) is 14.3 Å². The molecule has 0 bridgehead atoms. The zero-order valence-electron chi connectivity index (χ0n) is 14.8. The van der Waals surface area contributed by atoms with Gasteiger partial charge in [0, 0.05) is 45.0 Å². The number of carbonyl (C=O) groups is 2. The van der Waals surface area contributed by atoms with E-state index in [1.54, 1.807) is 12.1 Å². The molecule has 0 radical (unpaired) electrons. The van der Waals surface area contributed by atoms with Gasteiger partial charge in [0.15, 0.2) is 0 Å². The second-order valence-electron chi connectivity index (χ2n) is 6.60. The second kappa shape index (κ2) is 9.07. The van der Waals surface area contributed by atoms with Gasteiger partial charge in [-0.2, -0.15) is 0 Å². The molecule has 26 heavy (non-hydrogen) atoms. The third-order valence-corrected chi connectivity index (χ3v) is 4.68. The van der Waals surface area contributed by atoms with Crippen LogP contribution >= 0.6 is 0 Å². The summed E-state index contributed by atoms with van der Waals surface area (Å²) in [6.07, 6.45) is 0. The highest BCUT2D eigenvalue weighted by molar-refractivity contribution is 5.92. The highest BCUT2D eigenvalue weighted by Gasteiger charge is 2.23. The van der Waals surface area contributed by atoms with E-state index in [-0.39, 0.29) is 17.6 Å². The molecule has 8 heteroatoms. The van der Waals surface area contributed by atoms with E-state index in [4.69, 9.17) is 4.74 Å². The summed E-state index contributed by atoms with van der Waals surface area (Å²) < 4.78 is 18.2. The Morgan fingerprint density at radius 3 is 2.12 bits per heavy atom. The lowest BCUT2D eigenvalue weighted by molar-refractivity contribution is -0.137. The third kappa shape index (κ3) is 5.48. The van der Waals surface area contributed by atoms with Gasteiger partial charge in [-0.25, -0.2) is 4.39 Å². The molecule has 3 rings (SSSR count). The molecule has 1 aromatic carbocycles. The first-order valence-corrected chi connectivity index (χ1v) is 8.96. The molecule has 2 aliphatic rings. The molecule has 0 aromatic heterocycles. The zero-order chi connectivity index (χ0) is 18.4. The van der Waals surface area contributed by atoms with Crippen LogP contribution in [0.2, 0.25) is 0 Å². The van der Waals surface area contributed by atoms with E-state index in [9.17, 15) is 14.0 Å². The Bertz CT molecular complexity index is 611. The van der Waals surface area contributed by atoms with Crippen LogP contribution in [0.15, 0.2) is 24.3 Å². The van der Waals surface area contributed by atoms with Crippen LogP contribution in [0, 0.1) is 5.82 Å². The molecule has 0 atom stereocenters. The number of ether oxygens (including phenoxy) is 1. The number of halogens is 1. The average Bonchev–Trinajstić information content (AvgIpc) is 2.66. The Morgan fingerprint density at radius 1 is 0.923 bits per heavy atom. The van der Waals surface area contributed by atoms with E-state index < -0.39 is 0 Å².